The third-order valence-electron chi connectivity index (χ3n) is 5.44. The number of fused-ring (bicyclic) bond motifs is 3. The quantitative estimate of drug-likeness (QED) is 0.527. The smallest absolute Gasteiger partial charge is 0.204 e. The summed E-state index contributed by atoms with van der Waals surface area (Å²) in [6.07, 6.45) is 0.839. The van der Waals surface area contributed by atoms with E-state index in [1.54, 1.807) is 7.11 Å². The van der Waals surface area contributed by atoms with Crippen LogP contribution in [-0.2, 0) is 0 Å². The number of benzene rings is 3. The Balaban J connectivity index is 1.63. The molecule has 2 heterocycles. The molecule has 0 aliphatic carbocycles. The van der Waals surface area contributed by atoms with Gasteiger partial charge >= 0.3 is 0 Å². The summed E-state index contributed by atoms with van der Waals surface area (Å²) in [4.78, 5) is 4.81. The van der Waals surface area contributed by atoms with Crippen LogP contribution in [0, 0.1) is 5.82 Å². The molecule has 0 unspecified atom stereocenters. The summed E-state index contributed by atoms with van der Waals surface area (Å²) in [5.74, 6) is 1.45. The van der Waals surface area contributed by atoms with Crippen LogP contribution >= 0.6 is 0 Å². The van der Waals surface area contributed by atoms with E-state index in [0.29, 0.717) is 0 Å². The number of hydrogen-bond acceptors (Lipinski definition) is 3. The second-order valence-corrected chi connectivity index (χ2v) is 7.07. The molecule has 4 aromatic rings. The Labute approximate surface area is 162 Å². The highest BCUT2D eigenvalue weighted by atomic mass is 19.1. The number of para-hydroxylation sites is 2. The molecule has 0 saturated heterocycles. The van der Waals surface area contributed by atoms with Crippen molar-refractivity contribution in [3.8, 4) is 5.75 Å². The van der Waals surface area contributed by atoms with Crippen LogP contribution in [0.15, 0.2) is 72.8 Å². The molecule has 0 amide bonds. The summed E-state index contributed by atoms with van der Waals surface area (Å²) < 4.78 is 21.0. The number of rotatable bonds is 3. The Morgan fingerprint density at radius 1 is 0.964 bits per heavy atom. The molecule has 1 N–H and O–H groups in total. The number of anilines is 1. The summed E-state index contributed by atoms with van der Waals surface area (Å²) in [6.45, 7) is 0. The Morgan fingerprint density at radius 3 is 2.43 bits per heavy atom. The zero-order valence-corrected chi connectivity index (χ0v) is 15.5. The number of nitrogens with one attached hydrogen (secondary N) is 1. The molecule has 5 heteroatoms. The predicted octanol–water partition coefficient (Wildman–Crippen LogP) is 5.33. The molecule has 0 fully saturated rings. The first-order valence-corrected chi connectivity index (χ1v) is 9.36. The van der Waals surface area contributed by atoms with Crippen LogP contribution in [0.4, 0.5) is 10.3 Å². The zero-order chi connectivity index (χ0) is 19.1. The van der Waals surface area contributed by atoms with Crippen molar-refractivity contribution in [3.63, 3.8) is 0 Å². The van der Waals surface area contributed by atoms with Crippen LogP contribution < -0.4 is 10.1 Å². The highest BCUT2D eigenvalue weighted by molar-refractivity contribution is 5.79. The number of aromatic nitrogens is 2. The lowest BCUT2D eigenvalue weighted by Crippen LogP contribution is -2.27. The van der Waals surface area contributed by atoms with Crippen molar-refractivity contribution in [1.29, 1.82) is 0 Å². The fraction of sp³-hybridized carbons (Fsp3) is 0.174. The molecule has 2 atom stereocenters. The van der Waals surface area contributed by atoms with Gasteiger partial charge in [-0.2, -0.15) is 0 Å². The third-order valence-corrected chi connectivity index (χ3v) is 5.44. The molecular weight excluding hydrogens is 353 g/mol. The first kappa shape index (κ1) is 16.8. The van der Waals surface area contributed by atoms with E-state index in [1.165, 1.54) is 17.7 Å². The Morgan fingerprint density at radius 2 is 1.68 bits per heavy atom. The monoisotopic (exact) mass is 373 g/mol. The van der Waals surface area contributed by atoms with E-state index in [0.717, 1.165) is 34.7 Å². The van der Waals surface area contributed by atoms with E-state index in [1.807, 2.05) is 42.5 Å². The highest BCUT2D eigenvalue weighted by Crippen LogP contribution is 2.41. The minimum atomic E-state index is -0.224. The fourth-order valence-electron chi connectivity index (χ4n) is 4.03. The van der Waals surface area contributed by atoms with Gasteiger partial charge < -0.3 is 14.6 Å². The first-order chi connectivity index (χ1) is 13.7. The van der Waals surface area contributed by atoms with Crippen molar-refractivity contribution in [2.75, 3.05) is 12.4 Å². The molecular formula is C23H20FN3O. The normalized spacial score (nSPS) is 18.5. The van der Waals surface area contributed by atoms with Crippen molar-refractivity contribution in [2.45, 2.75) is 18.5 Å². The lowest BCUT2D eigenvalue weighted by molar-refractivity contribution is 0.414. The van der Waals surface area contributed by atoms with Crippen molar-refractivity contribution in [3.05, 3.63) is 89.7 Å². The number of halogens is 1. The number of methoxy groups -OCH3 is 1. The van der Waals surface area contributed by atoms with Crippen molar-refractivity contribution < 1.29 is 9.13 Å². The van der Waals surface area contributed by atoms with E-state index < -0.39 is 0 Å². The van der Waals surface area contributed by atoms with Gasteiger partial charge in [-0.25, -0.2) is 9.37 Å². The van der Waals surface area contributed by atoms with Gasteiger partial charge in [0.25, 0.3) is 0 Å². The topological polar surface area (TPSA) is 39.1 Å². The minimum Gasteiger partial charge on any atom is -0.497 e. The maximum Gasteiger partial charge on any atom is 0.204 e. The molecule has 0 spiro atoms. The number of imidazole rings is 1. The minimum absolute atomic E-state index is 0.0528. The Kier molecular flexibility index (Phi) is 4.01. The third kappa shape index (κ3) is 2.80. The molecule has 0 bridgehead atoms. The number of hydrogen-bond donors (Lipinski definition) is 1. The molecule has 28 heavy (non-hydrogen) atoms. The molecule has 5 rings (SSSR count). The van der Waals surface area contributed by atoms with E-state index in [9.17, 15) is 4.39 Å². The molecule has 4 nitrogen and oxygen atoms in total. The molecule has 0 radical (unpaired) electrons. The van der Waals surface area contributed by atoms with Gasteiger partial charge in [-0.15, -0.1) is 0 Å². The maximum absolute atomic E-state index is 13.4. The lowest BCUT2D eigenvalue weighted by atomic mass is 9.93. The van der Waals surface area contributed by atoms with E-state index >= 15 is 0 Å². The first-order valence-electron chi connectivity index (χ1n) is 9.36. The Hall–Kier alpha value is -3.34. The van der Waals surface area contributed by atoms with Crippen LogP contribution in [0.2, 0.25) is 0 Å². The summed E-state index contributed by atoms with van der Waals surface area (Å²) in [7, 11) is 1.67. The zero-order valence-electron chi connectivity index (χ0n) is 15.5. The molecule has 1 aromatic heterocycles. The molecule has 0 saturated carbocycles. The summed E-state index contributed by atoms with van der Waals surface area (Å²) in [5.41, 5.74) is 4.31. The Bertz CT molecular complexity index is 1120. The second-order valence-electron chi connectivity index (χ2n) is 7.07. The SMILES string of the molecule is COc1ccc([C@H]2C[C@H](c3ccc(F)cc3)Nc3nc4ccccc4n32)cc1. The maximum atomic E-state index is 13.4. The molecule has 3 aromatic carbocycles. The summed E-state index contributed by atoms with van der Waals surface area (Å²) in [5, 5.41) is 3.55. The fourth-order valence-corrected chi connectivity index (χ4v) is 4.03. The molecule has 1 aliphatic heterocycles. The van der Waals surface area contributed by atoms with Crippen molar-refractivity contribution in [1.82, 2.24) is 9.55 Å². The molecule has 1 aliphatic rings. The van der Waals surface area contributed by atoms with Gasteiger partial charge in [-0.1, -0.05) is 36.4 Å². The van der Waals surface area contributed by atoms with Crippen molar-refractivity contribution >= 4 is 17.0 Å². The standard InChI is InChI=1S/C23H20FN3O/c1-28-18-12-8-16(9-13-18)22-14-20(15-6-10-17(24)11-7-15)26-23-25-19-4-2-3-5-21(19)27(22)23/h2-13,20,22H,14H2,1H3,(H,25,26)/t20-,22-/m1/s1. The molecule has 140 valence electrons. The average molecular weight is 373 g/mol. The highest BCUT2D eigenvalue weighted by Gasteiger charge is 2.30. The lowest BCUT2D eigenvalue weighted by Gasteiger charge is -2.33. The van der Waals surface area contributed by atoms with Crippen LogP contribution in [0.5, 0.6) is 5.75 Å². The van der Waals surface area contributed by atoms with Gasteiger partial charge in [0, 0.05) is 0 Å². The van der Waals surface area contributed by atoms with Crippen LogP contribution in [0.3, 0.4) is 0 Å². The predicted molar refractivity (Wildman–Crippen MR) is 108 cm³/mol. The van der Waals surface area contributed by atoms with E-state index in [-0.39, 0.29) is 17.9 Å². The summed E-state index contributed by atoms with van der Waals surface area (Å²) >= 11 is 0. The summed E-state index contributed by atoms with van der Waals surface area (Å²) in [6, 6.07) is 23.2. The van der Waals surface area contributed by atoms with E-state index in [2.05, 4.69) is 28.1 Å². The van der Waals surface area contributed by atoms with Gasteiger partial charge in [0.05, 0.1) is 30.2 Å². The second kappa shape index (κ2) is 6.68. The number of nitrogens with zero attached hydrogens (tertiary/aromatic N) is 2. The van der Waals surface area contributed by atoms with Crippen molar-refractivity contribution in [2.24, 2.45) is 0 Å². The van der Waals surface area contributed by atoms with E-state index in [4.69, 9.17) is 9.72 Å². The largest absolute Gasteiger partial charge is 0.497 e. The van der Waals surface area contributed by atoms with Crippen LogP contribution in [-0.4, -0.2) is 16.7 Å². The average Bonchev–Trinajstić information content (AvgIpc) is 3.12. The van der Waals surface area contributed by atoms with Crippen LogP contribution in [0.25, 0.3) is 11.0 Å². The van der Waals surface area contributed by atoms with Gasteiger partial charge in [-0.05, 0) is 53.9 Å². The van der Waals surface area contributed by atoms with Crippen LogP contribution in [0.1, 0.15) is 29.6 Å². The van der Waals surface area contributed by atoms with Gasteiger partial charge in [0.2, 0.25) is 5.95 Å². The number of ether oxygens (including phenoxy) is 1. The van der Waals surface area contributed by atoms with Gasteiger partial charge in [0.1, 0.15) is 11.6 Å². The van der Waals surface area contributed by atoms with Gasteiger partial charge in [-0.3, -0.25) is 0 Å². The van der Waals surface area contributed by atoms with Gasteiger partial charge in [0.15, 0.2) is 0 Å².